The van der Waals surface area contributed by atoms with Crippen LogP contribution in [-0.4, -0.2) is 18.2 Å². The molecule has 0 radical (unpaired) electrons. The van der Waals surface area contributed by atoms with E-state index in [1.165, 1.54) is 5.56 Å². The fourth-order valence-electron chi connectivity index (χ4n) is 1.95. The SMILES string of the molecule is Cc1ccsc1/C=C/C(=O)NCCSCc1ccccc1C#N. The Morgan fingerprint density at radius 2 is 2.22 bits per heavy atom. The van der Waals surface area contributed by atoms with Gasteiger partial charge < -0.3 is 5.32 Å². The molecule has 0 saturated carbocycles. The van der Waals surface area contributed by atoms with E-state index in [9.17, 15) is 4.79 Å². The first-order valence-electron chi connectivity index (χ1n) is 7.26. The molecule has 0 atom stereocenters. The van der Waals surface area contributed by atoms with E-state index < -0.39 is 0 Å². The molecule has 118 valence electrons. The molecule has 0 aliphatic heterocycles. The molecule has 0 bridgehead atoms. The highest BCUT2D eigenvalue weighted by atomic mass is 32.2. The third-order valence-electron chi connectivity index (χ3n) is 3.23. The van der Waals surface area contributed by atoms with Crippen LogP contribution in [0.1, 0.15) is 21.6 Å². The molecule has 5 heteroatoms. The van der Waals surface area contributed by atoms with Crippen LogP contribution >= 0.6 is 23.1 Å². The third-order valence-corrected chi connectivity index (χ3v) is 5.22. The van der Waals surface area contributed by atoms with Crippen molar-refractivity contribution in [2.24, 2.45) is 0 Å². The zero-order chi connectivity index (χ0) is 16.5. The maximum Gasteiger partial charge on any atom is 0.244 e. The monoisotopic (exact) mass is 342 g/mol. The highest BCUT2D eigenvalue weighted by Gasteiger charge is 2.01. The molecular weight excluding hydrogens is 324 g/mol. The number of hydrogen-bond acceptors (Lipinski definition) is 4. The molecule has 1 aromatic heterocycles. The predicted octanol–water partition coefficient (Wildman–Crippen LogP) is 3.99. The van der Waals surface area contributed by atoms with Gasteiger partial charge in [-0.15, -0.1) is 11.3 Å². The first-order chi connectivity index (χ1) is 11.2. The van der Waals surface area contributed by atoms with E-state index >= 15 is 0 Å². The van der Waals surface area contributed by atoms with Crippen molar-refractivity contribution in [1.82, 2.24) is 5.32 Å². The summed E-state index contributed by atoms with van der Waals surface area (Å²) in [6.07, 6.45) is 3.43. The van der Waals surface area contributed by atoms with E-state index in [4.69, 9.17) is 5.26 Å². The molecule has 0 unspecified atom stereocenters. The van der Waals surface area contributed by atoms with Gasteiger partial charge in [0, 0.05) is 29.0 Å². The Balaban J connectivity index is 1.67. The van der Waals surface area contributed by atoms with Gasteiger partial charge in [-0.2, -0.15) is 17.0 Å². The quantitative estimate of drug-likeness (QED) is 0.611. The van der Waals surface area contributed by atoms with Crippen molar-refractivity contribution < 1.29 is 4.79 Å². The van der Waals surface area contributed by atoms with Crippen molar-refractivity contribution in [2.75, 3.05) is 12.3 Å². The van der Waals surface area contributed by atoms with E-state index in [1.54, 1.807) is 29.2 Å². The summed E-state index contributed by atoms with van der Waals surface area (Å²) in [5, 5.41) is 13.9. The van der Waals surface area contributed by atoms with Crippen LogP contribution in [0.3, 0.4) is 0 Å². The molecule has 0 aliphatic carbocycles. The predicted molar refractivity (Wildman–Crippen MR) is 98.4 cm³/mol. The van der Waals surface area contributed by atoms with Crippen molar-refractivity contribution in [3.8, 4) is 6.07 Å². The third kappa shape index (κ3) is 5.59. The number of hydrogen-bond donors (Lipinski definition) is 1. The summed E-state index contributed by atoms with van der Waals surface area (Å²) >= 11 is 3.34. The number of nitrogens with one attached hydrogen (secondary N) is 1. The average Bonchev–Trinajstić information content (AvgIpc) is 2.98. The standard InChI is InChI=1S/C18H18N2OS2/c1-14-8-10-23-17(14)6-7-18(21)20-9-11-22-13-16-5-3-2-4-15(16)12-19/h2-8,10H,9,11,13H2,1H3,(H,20,21)/b7-6+. The van der Waals surface area contributed by atoms with E-state index in [2.05, 4.69) is 11.4 Å². The number of thiophene rings is 1. The van der Waals surface area contributed by atoms with Crippen LogP contribution in [0.15, 0.2) is 41.8 Å². The normalized spacial score (nSPS) is 10.6. The van der Waals surface area contributed by atoms with Gasteiger partial charge in [0.1, 0.15) is 0 Å². The molecule has 1 aromatic carbocycles. The molecule has 0 saturated heterocycles. The minimum atomic E-state index is -0.0733. The second-order valence-corrected chi connectivity index (χ2v) is 6.97. The van der Waals surface area contributed by atoms with Gasteiger partial charge in [0.15, 0.2) is 0 Å². The topological polar surface area (TPSA) is 52.9 Å². The van der Waals surface area contributed by atoms with E-state index in [0.29, 0.717) is 6.54 Å². The second-order valence-electron chi connectivity index (χ2n) is 4.91. The molecular formula is C18H18N2OS2. The Bertz CT molecular complexity index is 729. The summed E-state index contributed by atoms with van der Waals surface area (Å²) in [5.74, 6) is 1.53. The van der Waals surface area contributed by atoms with Gasteiger partial charge in [0.2, 0.25) is 5.91 Å². The van der Waals surface area contributed by atoms with E-state index in [0.717, 1.165) is 27.5 Å². The molecule has 1 amide bonds. The Hall–Kier alpha value is -2.03. The number of carbonyl (C=O) groups excluding carboxylic acids is 1. The Kier molecular flexibility index (Phi) is 6.92. The number of rotatable bonds is 7. The summed E-state index contributed by atoms with van der Waals surface area (Å²) in [6, 6.07) is 11.8. The molecule has 23 heavy (non-hydrogen) atoms. The van der Waals surface area contributed by atoms with Crippen LogP contribution in [0, 0.1) is 18.3 Å². The molecule has 2 rings (SSSR count). The van der Waals surface area contributed by atoms with Crippen molar-refractivity contribution in [3.05, 3.63) is 63.4 Å². The van der Waals surface area contributed by atoms with Crippen LogP contribution in [-0.2, 0) is 10.5 Å². The van der Waals surface area contributed by atoms with Crippen molar-refractivity contribution >= 4 is 35.1 Å². The number of carbonyl (C=O) groups is 1. The van der Waals surface area contributed by atoms with Crippen molar-refractivity contribution in [2.45, 2.75) is 12.7 Å². The van der Waals surface area contributed by atoms with Crippen LogP contribution in [0.2, 0.25) is 0 Å². The largest absolute Gasteiger partial charge is 0.352 e. The lowest BCUT2D eigenvalue weighted by Crippen LogP contribution is -2.23. The van der Waals surface area contributed by atoms with Gasteiger partial charge in [-0.05, 0) is 41.6 Å². The van der Waals surface area contributed by atoms with Crippen molar-refractivity contribution in [3.63, 3.8) is 0 Å². The van der Waals surface area contributed by atoms with E-state index in [1.807, 2.05) is 48.7 Å². The fraction of sp³-hybridized carbons (Fsp3) is 0.222. The number of nitrogens with zero attached hydrogens (tertiary/aromatic N) is 1. The fourth-order valence-corrected chi connectivity index (χ4v) is 3.63. The maximum atomic E-state index is 11.7. The minimum absolute atomic E-state index is 0.0733. The van der Waals surface area contributed by atoms with Gasteiger partial charge in [-0.1, -0.05) is 18.2 Å². The highest BCUT2D eigenvalue weighted by molar-refractivity contribution is 7.98. The number of nitriles is 1. The summed E-state index contributed by atoms with van der Waals surface area (Å²) in [4.78, 5) is 12.9. The Labute approximate surface area is 145 Å². The zero-order valence-electron chi connectivity index (χ0n) is 12.9. The van der Waals surface area contributed by atoms with Crippen LogP contribution in [0.4, 0.5) is 0 Å². The van der Waals surface area contributed by atoms with Gasteiger partial charge in [0.25, 0.3) is 0 Å². The zero-order valence-corrected chi connectivity index (χ0v) is 14.5. The smallest absolute Gasteiger partial charge is 0.244 e. The summed E-state index contributed by atoms with van der Waals surface area (Å²) in [6.45, 7) is 2.65. The first-order valence-corrected chi connectivity index (χ1v) is 9.30. The number of aryl methyl sites for hydroxylation is 1. The van der Waals surface area contributed by atoms with E-state index in [-0.39, 0.29) is 5.91 Å². The van der Waals surface area contributed by atoms with Gasteiger partial charge in [-0.25, -0.2) is 0 Å². The van der Waals surface area contributed by atoms with Crippen LogP contribution < -0.4 is 5.32 Å². The lowest BCUT2D eigenvalue weighted by Gasteiger charge is -2.04. The van der Waals surface area contributed by atoms with Gasteiger partial charge >= 0.3 is 0 Å². The lowest BCUT2D eigenvalue weighted by molar-refractivity contribution is -0.116. The second kappa shape index (κ2) is 9.19. The molecule has 0 aliphatic rings. The minimum Gasteiger partial charge on any atom is -0.352 e. The van der Waals surface area contributed by atoms with Crippen LogP contribution in [0.5, 0.6) is 0 Å². The highest BCUT2D eigenvalue weighted by Crippen LogP contribution is 2.17. The Morgan fingerprint density at radius 1 is 1.39 bits per heavy atom. The summed E-state index contributed by atoms with van der Waals surface area (Å²) in [5.41, 5.74) is 2.95. The Morgan fingerprint density at radius 3 is 2.96 bits per heavy atom. The van der Waals surface area contributed by atoms with Crippen molar-refractivity contribution in [1.29, 1.82) is 5.26 Å². The number of amides is 1. The lowest BCUT2D eigenvalue weighted by atomic mass is 10.1. The maximum absolute atomic E-state index is 11.7. The molecule has 1 N–H and O–H groups in total. The van der Waals surface area contributed by atoms with Crippen LogP contribution in [0.25, 0.3) is 6.08 Å². The molecule has 3 nitrogen and oxygen atoms in total. The van der Waals surface area contributed by atoms with Gasteiger partial charge in [-0.3, -0.25) is 4.79 Å². The summed E-state index contributed by atoms with van der Waals surface area (Å²) < 4.78 is 0. The molecule has 0 fully saturated rings. The summed E-state index contributed by atoms with van der Waals surface area (Å²) in [7, 11) is 0. The molecule has 0 spiro atoms. The van der Waals surface area contributed by atoms with Gasteiger partial charge in [0.05, 0.1) is 11.6 Å². The number of thioether (sulfide) groups is 1. The first kappa shape index (κ1) is 17.3. The average molecular weight is 342 g/mol. The molecule has 2 aromatic rings. The number of benzene rings is 1. The molecule has 1 heterocycles.